The fourth-order valence-electron chi connectivity index (χ4n) is 3.40. The van der Waals surface area contributed by atoms with Gasteiger partial charge in [0, 0.05) is 32.2 Å². The van der Waals surface area contributed by atoms with Crippen molar-refractivity contribution in [2.75, 3.05) is 19.6 Å². The van der Waals surface area contributed by atoms with Crippen LogP contribution in [0.2, 0.25) is 0 Å². The van der Waals surface area contributed by atoms with Crippen LogP contribution in [0.15, 0.2) is 30.3 Å². The van der Waals surface area contributed by atoms with Crippen LogP contribution in [0, 0.1) is 5.92 Å². The van der Waals surface area contributed by atoms with Gasteiger partial charge in [0.05, 0.1) is 5.60 Å². The molecule has 2 rings (SSSR count). The van der Waals surface area contributed by atoms with Crippen LogP contribution >= 0.6 is 0 Å². The number of aliphatic hydroxyl groups is 1. The van der Waals surface area contributed by atoms with E-state index in [9.17, 15) is 9.90 Å². The zero-order valence-corrected chi connectivity index (χ0v) is 15.8. The summed E-state index contributed by atoms with van der Waals surface area (Å²) in [5.74, 6) is 0.402. The van der Waals surface area contributed by atoms with Gasteiger partial charge >= 0.3 is 6.03 Å². The first-order valence-corrected chi connectivity index (χ1v) is 9.48. The van der Waals surface area contributed by atoms with Crippen molar-refractivity contribution < 1.29 is 9.90 Å². The van der Waals surface area contributed by atoms with E-state index in [1.54, 1.807) is 0 Å². The normalized spacial score (nSPS) is 21.8. The van der Waals surface area contributed by atoms with Crippen molar-refractivity contribution >= 4 is 6.03 Å². The number of rotatable bonds is 7. The highest BCUT2D eigenvalue weighted by molar-refractivity contribution is 5.74. The van der Waals surface area contributed by atoms with Crippen LogP contribution in [0.4, 0.5) is 4.79 Å². The molecular weight excluding hydrogens is 314 g/mol. The first kappa shape index (κ1) is 19.7. The third kappa shape index (κ3) is 6.01. The fourth-order valence-corrected chi connectivity index (χ4v) is 3.40. The third-order valence-corrected chi connectivity index (χ3v) is 5.45. The molecule has 1 saturated heterocycles. The van der Waals surface area contributed by atoms with Crippen LogP contribution in [0.5, 0.6) is 0 Å². The monoisotopic (exact) mass is 347 g/mol. The predicted octanol–water partition coefficient (Wildman–Crippen LogP) is 2.75. The maximum absolute atomic E-state index is 12.2. The van der Waals surface area contributed by atoms with Gasteiger partial charge in [0.1, 0.15) is 0 Å². The molecule has 140 valence electrons. The van der Waals surface area contributed by atoms with Gasteiger partial charge in [-0.25, -0.2) is 4.79 Å². The number of hydrogen-bond acceptors (Lipinski definition) is 3. The highest BCUT2D eigenvalue weighted by Gasteiger charge is 2.28. The molecule has 5 nitrogen and oxygen atoms in total. The lowest BCUT2D eigenvalue weighted by Gasteiger charge is -2.37. The summed E-state index contributed by atoms with van der Waals surface area (Å²) in [5, 5.41) is 16.2. The number of nitrogens with one attached hydrogen (secondary N) is 2. The second-order valence-corrected chi connectivity index (χ2v) is 7.35. The van der Waals surface area contributed by atoms with Crippen LogP contribution in [-0.4, -0.2) is 47.3 Å². The smallest absolute Gasteiger partial charge is 0.315 e. The highest BCUT2D eigenvalue weighted by Crippen LogP contribution is 2.19. The Morgan fingerprint density at radius 2 is 1.96 bits per heavy atom. The van der Waals surface area contributed by atoms with Crippen LogP contribution < -0.4 is 10.6 Å². The molecule has 2 atom stereocenters. The van der Waals surface area contributed by atoms with E-state index in [0.717, 1.165) is 26.1 Å². The number of nitrogens with zero attached hydrogens (tertiary/aromatic N) is 1. The Morgan fingerprint density at radius 3 is 2.56 bits per heavy atom. The van der Waals surface area contributed by atoms with Gasteiger partial charge in [-0.1, -0.05) is 51.1 Å². The molecule has 0 spiro atoms. The first-order chi connectivity index (χ1) is 12.0. The molecule has 0 aliphatic carbocycles. The third-order valence-electron chi connectivity index (χ3n) is 5.45. The number of hydrogen-bond donors (Lipinski definition) is 3. The molecule has 1 aromatic rings. The van der Waals surface area contributed by atoms with Gasteiger partial charge in [-0.2, -0.15) is 0 Å². The number of urea groups is 1. The fraction of sp³-hybridized carbons (Fsp3) is 0.650. The van der Waals surface area contributed by atoms with Crippen LogP contribution in [0.25, 0.3) is 0 Å². The van der Waals surface area contributed by atoms with E-state index < -0.39 is 5.60 Å². The van der Waals surface area contributed by atoms with Gasteiger partial charge < -0.3 is 15.7 Å². The second kappa shape index (κ2) is 9.20. The average Bonchev–Trinajstić information content (AvgIpc) is 2.63. The molecule has 2 amide bonds. The van der Waals surface area contributed by atoms with E-state index in [-0.39, 0.29) is 12.1 Å². The Morgan fingerprint density at radius 1 is 1.28 bits per heavy atom. The number of piperidine rings is 1. The number of carbonyl (C=O) groups excluding carboxylic acids is 1. The van der Waals surface area contributed by atoms with Crippen molar-refractivity contribution in [2.45, 2.75) is 58.2 Å². The molecule has 3 N–H and O–H groups in total. The van der Waals surface area contributed by atoms with E-state index in [1.165, 1.54) is 5.56 Å². The molecule has 0 aromatic heterocycles. The minimum absolute atomic E-state index is 0.173. The lowest BCUT2D eigenvalue weighted by atomic mass is 9.93. The molecule has 1 heterocycles. The lowest BCUT2D eigenvalue weighted by Crippen LogP contribution is -2.53. The minimum Gasteiger partial charge on any atom is -0.388 e. The summed E-state index contributed by atoms with van der Waals surface area (Å²) >= 11 is 0. The van der Waals surface area contributed by atoms with Gasteiger partial charge in [-0.05, 0) is 30.7 Å². The molecule has 1 fully saturated rings. The van der Waals surface area contributed by atoms with E-state index in [2.05, 4.69) is 46.7 Å². The summed E-state index contributed by atoms with van der Waals surface area (Å²) < 4.78 is 0. The Hall–Kier alpha value is -1.59. The molecule has 0 bridgehead atoms. The van der Waals surface area contributed by atoms with Crippen molar-refractivity contribution in [1.82, 2.24) is 15.5 Å². The summed E-state index contributed by atoms with van der Waals surface area (Å²) in [6.45, 7) is 9.29. The molecule has 2 unspecified atom stereocenters. The standard InChI is InChI=1S/C20H33N3O2/c1-4-20(25,5-2)15-21-19(24)22-18-11-12-23(13-16(18)3)14-17-9-7-6-8-10-17/h6-10,16,18,25H,4-5,11-15H2,1-3H3,(H2,21,22,24). The van der Waals surface area contributed by atoms with Crippen molar-refractivity contribution in [3.63, 3.8) is 0 Å². The van der Waals surface area contributed by atoms with Gasteiger partial charge in [-0.15, -0.1) is 0 Å². The highest BCUT2D eigenvalue weighted by atomic mass is 16.3. The Bertz CT molecular complexity index is 531. The predicted molar refractivity (Wildman–Crippen MR) is 101 cm³/mol. The Balaban J connectivity index is 1.76. The number of likely N-dealkylation sites (tertiary alicyclic amines) is 1. The van der Waals surface area contributed by atoms with Crippen molar-refractivity contribution in [2.24, 2.45) is 5.92 Å². The zero-order valence-electron chi connectivity index (χ0n) is 15.8. The molecular formula is C20H33N3O2. The summed E-state index contributed by atoms with van der Waals surface area (Å²) in [6.07, 6.45) is 2.23. The van der Waals surface area contributed by atoms with Crippen molar-refractivity contribution in [3.05, 3.63) is 35.9 Å². The van der Waals surface area contributed by atoms with E-state index in [0.29, 0.717) is 25.3 Å². The van der Waals surface area contributed by atoms with Gasteiger partial charge in [0.2, 0.25) is 0 Å². The molecule has 0 saturated carbocycles. The molecule has 0 radical (unpaired) electrons. The average molecular weight is 348 g/mol. The lowest BCUT2D eigenvalue weighted by molar-refractivity contribution is 0.0346. The molecule has 1 aliphatic rings. The minimum atomic E-state index is -0.804. The molecule has 1 aliphatic heterocycles. The van der Waals surface area contributed by atoms with Crippen LogP contribution in [-0.2, 0) is 6.54 Å². The first-order valence-electron chi connectivity index (χ1n) is 9.48. The Kier molecular flexibility index (Phi) is 7.26. The maximum Gasteiger partial charge on any atom is 0.315 e. The van der Waals surface area contributed by atoms with E-state index >= 15 is 0 Å². The van der Waals surface area contributed by atoms with Gasteiger partial charge in [-0.3, -0.25) is 4.90 Å². The quantitative estimate of drug-likeness (QED) is 0.711. The zero-order chi connectivity index (χ0) is 18.3. The summed E-state index contributed by atoms with van der Waals surface area (Å²) in [4.78, 5) is 14.6. The number of carbonyl (C=O) groups is 1. The van der Waals surface area contributed by atoms with Crippen LogP contribution in [0.1, 0.15) is 45.6 Å². The van der Waals surface area contributed by atoms with Gasteiger partial charge in [0.15, 0.2) is 0 Å². The van der Waals surface area contributed by atoms with Gasteiger partial charge in [0.25, 0.3) is 0 Å². The van der Waals surface area contributed by atoms with E-state index in [1.807, 2.05) is 19.9 Å². The molecule has 5 heteroatoms. The maximum atomic E-state index is 12.2. The van der Waals surface area contributed by atoms with Crippen LogP contribution in [0.3, 0.4) is 0 Å². The van der Waals surface area contributed by atoms with E-state index in [4.69, 9.17) is 0 Å². The largest absolute Gasteiger partial charge is 0.388 e. The van der Waals surface area contributed by atoms with Crippen molar-refractivity contribution in [1.29, 1.82) is 0 Å². The molecule has 1 aromatic carbocycles. The number of amides is 2. The topological polar surface area (TPSA) is 64.6 Å². The summed E-state index contributed by atoms with van der Waals surface area (Å²) in [7, 11) is 0. The SMILES string of the molecule is CCC(O)(CC)CNC(=O)NC1CCN(Cc2ccccc2)CC1C. The Labute approximate surface area is 151 Å². The molecule has 25 heavy (non-hydrogen) atoms. The second-order valence-electron chi connectivity index (χ2n) is 7.35. The summed E-state index contributed by atoms with van der Waals surface area (Å²) in [6, 6.07) is 10.5. The summed E-state index contributed by atoms with van der Waals surface area (Å²) in [5.41, 5.74) is 0.527. The number of benzene rings is 1. The van der Waals surface area contributed by atoms with Crippen molar-refractivity contribution in [3.8, 4) is 0 Å².